The van der Waals surface area contributed by atoms with Crippen molar-refractivity contribution in [1.29, 1.82) is 0 Å². The van der Waals surface area contributed by atoms with Crippen molar-refractivity contribution in [3.8, 4) is 0 Å². The number of aryl methyl sites for hydroxylation is 1. The summed E-state index contributed by atoms with van der Waals surface area (Å²) in [5.41, 5.74) is 1.35. The maximum atomic E-state index is 12.8. The highest BCUT2D eigenvalue weighted by Crippen LogP contribution is 2.37. The smallest absolute Gasteiger partial charge is 0.194 e. The second kappa shape index (κ2) is 5.87. The number of Topliss-reactive ketones (excluding diaryl/α,β-unsaturated/α-hetero) is 1. The zero-order valence-electron chi connectivity index (χ0n) is 12.2. The molecule has 0 heterocycles. The molecule has 0 saturated heterocycles. The van der Waals surface area contributed by atoms with Gasteiger partial charge in [-0.3, -0.25) is 4.79 Å². The molecule has 104 valence electrons. The lowest BCUT2D eigenvalue weighted by atomic mass is 9.75. The number of benzene rings is 1. The molecule has 19 heavy (non-hydrogen) atoms. The van der Waals surface area contributed by atoms with E-state index < -0.39 is 5.60 Å². The van der Waals surface area contributed by atoms with Gasteiger partial charge in [-0.25, -0.2) is 0 Å². The first kappa shape index (κ1) is 14.3. The Labute approximate surface area is 116 Å². The first-order chi connectivity index (χ1) is 9.07. The standard InChI is InChI=1S/C17H24O2/c1-4-19-17(10-8-13(2)9-11-17)16(18)15-7-5-6-14(3)12-15/h5-7,12-13H,4,8-11H2,1-3H3. The number of carbonyl (C=O) groups is 1. The summed E-state index contributed by atoms with van der Waals surface area (Å²) in [5.74, 6) is 0.879. The van der Waals surface area contributed by atoms with Crippen LogP contribution in [0, 0.1) is 12.8 Å². The second-order valence-corrected chi connectivity index (χ2v) is 5.81. The minimum Gasteiger partial charge on any atom is -0.367 e. The monoisotopic (exact) mass is 260 g/mol. The highest BCUT2D eigenvalue weighted by molar-refractivity contribution is 6.02. The number of ketones is 1. The second-order valence-electron chi connectivity index (χ2n) is 5.81. The molecule has 1 fully saturated rings. The van der Waals surface area contributed by atoms with Gasteiger partial charge in [-0.05, 0) is 51.5 Å². The van der Waals surface area contributed by atoms with Crippen molar-refractivity contribution >= 4 is 5.78 Å². The largest absolute Gasteiger partial charge is 0.367 e. The molecule has 2 nitrogen and oxygen atoms in total. The van der Waals surface area contributed by atoms with E-state index in [0.717, 1.165) is 36.8 Å². The Morgan fingerprint density at radius 3 is 2.63 bits per heavy atom. The molecule has 1 saturated carbocycles. The molecule has 0 bridgehead atoms. The maximum absolute atomic E-state index is 12.8. The Bertz CT molecular complexity index is 442. The van der Waals surface area contributed by atoms with Gasteiger partial charge < -0.3 is 4.74 Å². The van der Waals surface area contributed by atoms with Gasteiger partial charge in [0.2, 0.25) is 0 Å². The van der Waals surface area contributed by atoms with Crippen LogP contribution in [0.4, 0.5) is 0 Å². The Balaban J connectivity index is 2.26. The van der Waals surface area contributed by atoms with Crippen LogP contribution in [-0.2, 0) is 4.74 Å². The Hall–Kier alpha value is -1.15. The maximum Gasteiger partial charge on any atom is 0.194 e. The first-order valence-electron chi connectivity index (χ1n) is 7.33. The van der Waals surface area contributed by atoms with Crippen LogP contribution in [-0.4, -0.2) is 18.0 Å². The van der Waals surface area contributed by atoms with Gasteiger partial charge in [0.15, 0.2) is 5.78 Å². The van der Waals surface area contributed by atoms with Crippen molar-refractivity contribution in [3.63, 3.8) is 0 Å². The number of hydrogen-bond acceptors (Lipinski definition) is 2. The predicted molar refractivity (Wildman–Crippen MR) is 77.5 cm³/mol. The van der Waals surface area contributed by atoms with Crippen LogP contribution in [0.25, 0.3) is 0 Å². The van der Waals surface area contributed by atoms with Gasteiger partial charge in [0.1, 0.15) is 5.60 Å². The number of rotatable bonds is 4. The zero-order valence-corrected chi connectivity index (χ0v) is 12.2. The topological polar surface area (TPSA) is 26.3 Å². The molecule has 0 N–H and O–H groups in total. The fourth-order valence-electron chi connectivity index (χ4n) is 2.99. The van der Waals surface area contributed by atoms with Crippen molar-refractivity contribution in [3.05, 3.63) is 35.4 Å². The normalized spacial score (nSPS) is 27.2. The first-order valence-corrected chi connectivity index (χ1v) is 7.33. The summed E-state index contributed by atoms with van der Waals surface area (Å²) < 4.78 is 5.93. The Morgan fingerprint density at radius 1 is 1.37 bits per heavy atom. The van der Waals surface area contributed by atoms with E-state index >= 15 is 0 Å². The van der Waals surface area contributed by atoms with E-state index in [1.165, 1.54) is 0 Å². The quantitative estimate of drug-likeness (QED) is 0.760. The van der Waals surface area contributed by atoms with Crippen LogP contribution in [0.3, 0.4) is 0 Å². The van der Waals surface area contributed by atoms with Crippen LogP contribution in [0.5, 0.6) is 0 Å². The molecule has 2 heteroatoms. The molecule has 0 amide bonds. The van der Waals surface area contributed by atoms with Crippen molar-refractivity contribution in [2.24, 2.45) is 5.92 Å². The van der Waals surface area contributed by atoms with E-state index in [0.29, 0.717) is 12.5 Å². The van der Waals surface area contributed by atoms with Gasteiger partial charge >= 0.3 is 0 Å². The summed E-state index contributed by atoms with van der Waals surface area (Å²) in [5, 5.41) is 0. The molecule has 1 aromatic carbocycles. The zero-order chi connectivity index (χ0) is 13.9. The van der Waals surface area contributed by atoms with Crippen LogP contribution < -0.4 is 0 Å². The minimum absolute atomic E-state index is 0.171. The van der Waals surface area contributed by atoms with Gasteiger partial charge in [-0.15, -0.1) is 0 Å². The molecule has 0 aromatic heterocycles. The molecular weight excluding hydrogens is 236 g/mol. The summed E-state index contributed by atoms with van der Waals surface area (Å²) in [7, 11) is 0. The molecule has 0 radical (unpaired) electrons. The SMILES string of the molecule is CCOC1(C(=O)c2cccc(C)c2)CCC(C)CC1. The lowest BCUT2D eigenvalue weighted by Crippen LogP contribution is -2.44. The van der Waals surface area contributed by atoms with Crippen LogP contribution in [0.15, 0.2) is 24.3 Å². The van der Waals surface area contributed by atoms with Gasteiger partial charge in [-0.2, -0.15) is 0 Å². The third-order valence-corrected chi connectivity index (χ3v) is 4.20. The average molecular weight is 260 g/mol. The molecule has 0 aliphatic heterocycles. The van der Waals surface area contributed by atoms with Gasteiger partial charge in [0.05, 0.1) is 0 Å². The highest BCUT2D eigenvalue weighted by atomic mass is 16.5. The molecule has 1 aromatic rings. The fraction of sp³-hybridized carbons (Fsp3) is 0.588. The van der Waals surface area contributed by atoms with Gasteiger partial charge in [0.25, 0.3) is 0 Å². The van der Waals surface area contributed by atoms with E-state index in [1.807, 2.05) is 38.1 Å². The summed E-state index contributed by atoms with van der Waals surface area (Å²) in [4.78, 5) is 12.8. The molecule has 2 rings (SSSR count). The minimum atomic E-state index is -0.574. The Kier molecular flexibility index (Phi) is 4.41. The van der Waals surface area contributed by atoms with Crippen molar-refractivity contribution < 1.29 is 9.53 Å². The summed E-state index contributed by atoms with van der Waals surface area (Å²) in [6.45, 7) is 6.86. The summed E-state index contributed by atoms with van der Waals surface area (Å²) >= 11 is 0. The molecule has 1 aliphatic carbocycles. The van der Waals surface area contributed by atoms with Crippen LogP contribution >= 0.6 is 0 Å². The molecule has 0 spiro atoms. The highest BCUT2D eigenvalue weighted by Gasteiger charge is 2.42. The fourth-order valence-corrected chi connectivity index (χ4v) is 2.99. The summed E-state index contributed by atoms with van der Waals surface area (Å²) in [6, 6.07) is 7.86. The van der Waals surface area contributed by atoms with Crippen LogP contribution in [0.2, 0.25) is 0 Å². The lowest BCUT2D eigenvalue weighted by Gasteiger charge is -2.37. The van der Waals surface area contributed by atoms with E-state index in [4.69, 9.17) is 4.74 Å². The number of hydrogen-bond donors (Lipinski definition) is 0. The predicted octanol–water partition coefficient (Wildman–Crippen LogP) is 4.16. The molecule has 0 atom stereocenters. The molecular formula is C17H24O2. The van der Waals surface area contributed by atoms with E-state index in [2.05, 4.69) is 6.92 Å². The van der Waals surface area contributed by atoms with Crippen molar-refractivity contribution in [2.75, 3.05) is 6.61 Å². The van der Waals surface area contributed by atoms with Crippen LogP contribution in [0.1, 0.15) is 55.5 Å². The summed E-state index contributed by atoms with van der Waals surface area (Å²) in [6.07, 6.45) is 3.87. The third kappa shape index (κ3) is 3.06. The third-order valence-electron chi connectivity index (χ3n) is 4.20. The van der Waals surface area contributed by atoms with E-state index in [9.17, 15) is 4.79 Å². The lowest BCUT2D eigenvalue weighted by molar-refractivity contribution is -0.0474. The van der Waals surface area contributed by atoms with E-state index in [-0.39, 0.29) is 5.78 Å². The van der Waals surface area contributed by atoms with Gasteiger partial charge in [-0.1, -0.05) is 30.7 Å². The van der Waals surface area contributed by atoms with E-state index in [1.54, 1.807) is 0 Å². The van der Waals surface area contributed by atoms with Gasteiger partial charge in [0, 0.05) is 12.2 Å². The molecule has 1 aliphatic rings. The van der Waals surface area contributed by atoms with Crippen molar-refractivity contribution in [2.45, 2.75) is 52.1 Å². The number of ether oxygens (including phenoxy) is 1. The number of carbonyl (C=O) groups excluding carboxylic acids is 1. The van der Waals surface area contributed by atoms with Crippen molar-refractivity contribution in [1.82, 2.24) is 0 Å². The Morgan fingerprint density at radius 2 is 2.05 bits per heavy atom. The average Bonchev–Trinajstić information content (AvgIpc) is 2.41. The molecule has 0 unspecified atom stereocenters.